The minimum atomic E-state index is -0.128. The number of ether oxygens (including phenoxy) is 1. The Hall–Kier alpha value is -1.74. The van der Waals surface area contributed by atoms with E-state index in [0.717, 1.165) is 38.4 Å². The summed E-state index contributed by atoms with van der Waals surface area (Å²) in [6, 6.07) is 7.97. The molecule has 0 aromatic heterocycles. The molecule has 2 heterocycles. The Bertz CT molecular complexity index is 758. The van der Waals surface area contributed by atoms with Gasteiger partial charge in [0.25, 0.3) is 5.91 Å². The normalized spacial score (nSPS) is 19.5. The van der Waals surface area contributed by atoms with Gasteiger partial charge in [0.05, 0.1) is 18.1 Å². The molecule has 2 amide bonds. The molecule has 2 saturated heterocycles. The number of nitrogens with one attached hydrogen (secondary N) is 1. The maximum Gasteiger partial charge on any atom is 0.266 e. The number of benzene rings is 1. The Kier molecular flexibility index (Phi) is 7.61. The highest BCUT2D eigenvalue weighted by Crippen LogP contribution is 2.32. The van der Waals surface area contributed by atoms with Crippen molar-refractivity contribution in [3.63, 3.8) is 0 Å². The summed E-state index contributed by atoms with van der Waals surface area (Å²) in [5, 5.41) is 2.92. The van der Waals surface area contributed by atoms with E-state index in [2.05, 4.69) is 10.2 Å². The molecule has 28 heavy (non-hydrogen) atoms. The monoisotopic (exact) mass is 419 g/mol. The van der Waals surface area contributed by atoms with Crippen LogP contribution in [0.3, 0.4) is 0 Å². The van der Waals surface area contributed by atoms with Crippen molar-refractivity contribution in [1.29, 1.82) is 0 Å². The fourth-order valence-electron chi connectivity index (χ4n) is 2.99. The number of amides is 2. The number of thioether (sulfide) groups is 1. The van der Waals surface area contributed by atoms with E-state index in [1.54, 1.807) is 0 Å². The van der Waals surface area contributed by atoms with Crippen LogP contribution in [0.4, 0.5) is 0 Å². The van der Waals surface area contributed by atoms with E-state index < -0.39 is 0 Å². The summed E-state index contributed by atoms with van der Waals surface area (Å²) in [5.41, 5.74) is 2.14. The number of rotatable bonds is 7. The van der Waals surface area contributed by atoms with Crippen LogP contribution >= 0.6 is 24.0 Å². The fraction of sp³-hybridized carbons (Fsp3) is 0.450. The first-order valence-electron chi connectivity index (χ1n) is 9.42. The van der Waals surface area contributed by atoms with E-state index >= 15 is 0 Å². The zero-order valence-corrected chi connectivity index (χ0v) is 17.6. The van der Waals surface area contributed by atoms with Gasteiger partial charge in [-0.2, -0.15) is 0 Å². The van der Waals surface area contributed by atoms with Gasteiger partial charge >= 0.3 is 0 Å². The number of morpholine rings is 1. The molecule has 2 aliphatic heterocycles. The van der Waals surface area contributed by atoms with Crippen molar-refractivity contribution in [2.45, 2.75) is 13.3 Å². The Balaban J connectivity index is 1.44. The maximum absolute atomic E-state index is 12.6. The summed E-state index contributed by atoms with van der Waals surface area (Å²) in [6.45, 7) is 7.05. The summed E-state index contributed by atoms with van der Waals surface area (Å²) < 4.78 is 5.81. The first kappa shape index (κ1) is 21.0. The van der Waals surface area contributed by atoms with E-state index in [1.807, 2.05) is 37.3 Å². The highest BCUT2D eigenvalue weighted by molar-refractivity contribution is 8.26. The zero-order valence-electron chi connectivity index (χ0n) is 16.0. The van der Waals surface area contributed by atoms with Crippen molar-refractivity contribution in [3.05, 3.63) is 40.3 Å². The summed E-state index contributed by atoms with van der Waals surface area (Å²) >= 11 is 6.62. The molecule has 0 unspecified atom stereocenters. The minimum Gasteiger partial charge on any atom is -0.379 e. The van der Waals surface area contributed by atoms with Gasteiger partial charge in [0.1, 0.15) is 4.32 Å². The number of aryl methyl sites for hydroxylation is 1. The minimum absolute atomic E-state index is 0.0650. The summed E-state index contributed by atoms with van der Waals surface area (Å²) in [6.07, 6.45) is 2.09. The molecule has 0 saturated carbocycles. The Labute approximate surface area is 175 Å². The second-order valence-corrected chi connectivity index (χ2v) is 8.47. The Morgan fingerprint density at radius 1 is 1.25 bits per heavy atom. The van der Waals surface area contributed by atoms with E-state index in [4.69, 9.17) is 17.0 Å². The van der Waals surface area contributed by atoms with Crippen molar-refractivity contribution in [3.8, 4) is 0 Å². The molecule has 1 N–H and O–H groups in total. The zero-order chi connectivity index (χ0) is 19.9. The van der Waals surface area contributed by atoms with Crippen LogP contribution in [-0.2, 0) is 14.3 Å². The molecule has 2 fully saturated rings. The molecule has 8 heteroatoms. The maximum atomic E-state index is 12.6. The quantitative estimate of drug-likeness (QED) is 0.539. The lowest BCUT2D eigenvalue weighted by atomic mass is 10.1. The lowest BCUT2D eigenvalue weighted by Crippen LogP contribution is -2.41. The van der Waals surface area contributed by atoms with Gasteiger partial charge in [-0.25, -0.2) is 0 Å². The molecule has 0 aliphatic carbocycles. The van der Waals surface area contributed by atoms with Crippen LogP contribution < -0.4 is 5.32 Å². The number of carbonyl (C=O) groups excluding carboxylic acids is 2. The average Bonchev–Trinajstić information content (AvgIpc) is 2.96. The molecule has 2 aliphatic rings. The second kappa shape index (κ2) is 10.2. The smallest absolute Gasteiger partial charge is 0.266 e. The predicted molar refractivity (Wildman–Crippen MR) is 116 cm³/mol. The van der Waals surface area contributed by atoms with Gasteiger partial charge in [-0.1, -0.05) is 53.8 Å². The standard InChI is InChI=1S/C20H25N3O3S2/c1-15-2-4-16(5-3-15)14-17-19(25)23(20(27)28-17)8-6-18(24)21-7-9-22-10-12-26-13-11-22/h2-5,14H,6-13H2,1H3,(H,21,24)/b17-14-. The van der Waals surface area contributed by atoms with Crippen LogP contribution in [0, 0.1) is 6.92 Å². The van der Waals surface area contributed by atoms with E-state index in [-0.39, 0.29) is 18.2 Å². The number of hydrogen-bond acceptors (Lipinski definition) is 6. The third-order valence-electron chi connectivity index (χ3n) is 4.67. The van der Waals surface area contributed by atoms with E-state index in [9.17, 15) is 9.59 Å². The SMILES string of the molecule is Cc1ccc(/C=C2\SC(=S)N(CCC(=O)NCCN3CCOCC3)C2=O)cc1. The summed E-state index contributed by atoms with van der Waals surface area (Å²) in [7, 11) is 0. The molecular weight excluding hydrogens is 394 g/mol. The van der Waals surface area contributed by atoms with Crippen molar-refractivity contribution in [1.82, 2.24) is 15.1 Å². The largest absolute Gasteiger partial charge is 0.379 e. The number of nitrogens with zero attached hydrogens (tertiary/aromatic N) is 2. The number of thiocarbonyl (C=S) groups is 1. The Morgan fingerprint density at radius 2 is 1.96 bits per heavy atom. The molecule has 3 rings (SSSR count). The Morgan fingerprint density at radius 3 is 2.68 bits per heavy atom. The van der Waals surface area contributed by atoms with Gasteiger partial charge in [-0.15, -0.1) is 0 Å². The van der Waals surface area contributed by atoms with Crippen LogP contribution in [-0.4, -0.2) is 71.9 Å². The van der Waals surface area contributed by atoms with Gasteiger partial charge in [0.2, 0.25) is 5.91 Å². The molecule has 0 bridgehead atoms. The summed E-state index contributed by atoms with van der Waals surface area (Å²) in [4.78, 5) is 29.1. The number of hydrogen-bond donors (Lipinski definition) is 1. The van der Waals surface area contributed by atoms with Crippen LogP contribution in [0.25, 0.3) is 6.08 Å². The summed E-state index contributed by atoms with van der Waals surface area (Å²) in [5.74, 6) is -0.193. The molecule has 6 nitrogen and oxygen atoms in total. The molecular formula is C20H25N3O3S2. The molecule has 1 aromatic rings. The van der Waals surface area contributed by atoms with Gasteiger partial charge in [0, 0.05) is 39.1 Å². The lowest BCUT2D eigenvalue weighted by molar-refractivity contribution is -0.123. The fourth-order valence-corrected chi connectivity index (χ4v) is 4.30. The van der Waals surface area contributed by atoms with Crippen LogP contribution in [0.15, 0.2) is 29.2 Å². The van der Waals surface area contributed by atoms with Crippen LogP contribution in [0.5, 0.6) is 0 Å². The topological polar surface area (TPSA) is 61.9 Å². The van der Waals surface area contributed by atoms with Gasteiger partial charge in [-0.3, -0.25) is 19.4 Å². The molecule has 1 aromatic carbocycles. The van der Waals surface area contributed by atoms with Gasteiger partial charge in [0.15, 0.2) is 0 Å². The predicted octanol–water partition coefficient (Wildman–Crippen LogP) is 2.03. The second-order valence-electron chi connectivity index (χ2n) is 6.80. The molecule has 0 atom stereocenters. The van der Waals surface area contributed by atoms with Crippen molar-refractivity contribution < 1.29 is 14.3 Å². The van der Waals surface area contributed by atoms with Crippen LogP contribution in [0.2, 0.25) is 0 Å². The average molecular weight is 420 g/mol. The van der Waals surface area contributed by atoms with Crippen LogP contribution in [0.1, 0.15) is 17.5 Å². The molecule has 0 radical (unpaired) electrons. The van der Waals surface area contributed by atoms with E-state index in [1.165, 1.54) is 22.2 Å². The first-order valence-corrected chi connectivity index (χ1v) is 10.6. The highest BCUT2D eigenvalue weighted by Gasteiger charge is 2.32. The highest BCUT2D eigenvalue weighted by atomic mass is 32.2. The number of carbonyl (C=O) groups is 2. The molecule has 150 valence electrons. The van der Waals surface area contributed by atoms with Crippen molar-refractivity contribution >= 4 is 46.2 Å². The molecule has 0 spiro atoms. The third kappa shape index (κ3) is 5.88. The van der Waals surface area contributed by atoms with Gasteiger partial charge < -0.3 is 10.1 Å². The van der Waals surface area contributed by atoms with Crippen molar-refractivity contribution in [2.24, 2.45) is 0 Å². The first-order chi connectivity index (χ1) is 13.5. The third-order valence-corrected chi connectivity index (χ3v) is 6.04. The van der Waals surface area contributed by atoms with E-state index in [0.29, 0.717) is 22.3 Å². The van der Waals surface area contributed by atoms with Gasteiger partial charge in [-0.05, 0) is 18.6 Å². The van der Waals surface area contributed by atoms with Crippen molar-refractivity contribution in [2.75, 3.05) is 45.9 Å². The lowest BCUT2D eigenvalue weighted by Gasteiger charge is -2.26.